The SMILES string of the molecule is C/C=C(\CC)N(C(=O)C(F)(F)F)N(c1ccccc1)c1ccccc1. The first-order valence-electron chi connectivity index (χ1n) is 7.86. The predicted molar refractivity (Wildman–Crippen MR) is 92.0 cm³/mol. The van der Waals surface area contributed by atoms with Crippen LogP contribution < -0.4 is 5.01 Å². The lowest BCUT2D eigenvalue weighted by molar-refractivity contribution is -0.183. The summed E-state index contributed by atoms with van der Waals surface area (Å²) in [7, 11) is 0. The van der Waals surface area contributed by atoms with Crippen molar-refractivity contribution in [3.63, 3.8) is 0 Å². The van der Waals surface area contributed by atoms with Crippen molar-refractivity contribution in [2.75, 3.05) is 5.01 Å². The van der Waals surface area contributed by atoms with Crippen molar-refractivity contribution >= 4 is 17.3 Å². The number of carbonyl (C=O) groups excluding carboxylic acids is 1. The molecule has 0 aliphatic rings. The van der Waals surface area contributed by atoms with Gasteiger partial charge in [-0.15, -0.1) is 0 Å². The second-order valence-corrected chi connectivity index (χ2v) is 5.23. The zero-order valence-corrected chi connectivity index (χ0v) is 14.0. The van der Waals surface area contributed by atoms with Crippen molar-refractivity contribution in [2.24, 2.45) is 0 Å². The maximum atomic E-state index is 13.3. The number of halogens is 3. The number of carbonyl (C=O) groups is 1. The van der Waals surface area contributed by atoms with E-state index in [2.05, 4.69) is 0 Å². The number of hydrazine groups is 1. The molecule has 0 aromatic heterocycles. The van der Waals surface area contributed by atoms with E-state index in [1.165, 1.54) is 11.1 Å². The van der Waals surface area contributed by atoms with E-state index in [0.29, 0.717) is 16.4 Å². The zero-order chi connectivity index (χ0) is 18.4. The fourth-order valence-electron chi connectivity index (χ4n) is 2.46. The molecule has 3 nitrogen and oxygen atoms in total. The van der Waals surface area contributed by atoms with Crippen molar-refractivity contribution < 1.29 is 18.0 Å². The molecule has 132 valence electrons. The van der Waals surface area contributed by atoms with Crippen LogP contribution in [-0.4, -0.2) is 17.1 Å². The van der Waals surface area contributed by atoms with Crippen LogP contribution in [0.25, 0.3) is 0 Å². The van der Waals surface area contributed by atoms with Crippen LogP contribution in [0.4, 0.5) is 24.5 Å². The molecule has 0 spiro atoms. The summed E-state index contributed by atoms with van der Waals surface area (Å²) in [4.78, 5) is 12.2. The first-order chi connectivity index (χ1) is 11.9. The standard InChI is InChI=1S/C19H19F3N2O/c1-3-15(4-2)24(18(25)19(20,21)22)23(16-11-7-5-8-12-16)17-13-9-6-10-14-17/h3,5-14H,4H2,1-2H3/b15-3+. The van der Waals surface area contributed by atoms with Crippen molar-refractivity contribution in [2.45, 2.75) is 26.4 Å². The third kappa shape index (κ3) is 4.21. The Labute approximate surface area is 145 Å². The minimum atomic E-state index is -4.99. The zero-order valence-electron chi connectivity index (χ0n) is 14.0. The van der Waals surface area contributed by atoms with Gasteiger partial charge in [0, 0.05) is 5.70 Å². The van der Waals surface area contributed by atoms with Crippen LogP contribution >= 0.6 is 0 Å². The van der Waals surface area contributed by atoms with E-state index < -0.39 is 12.1 Å². The van der Waals surface area contributed by atoms with Crippen LogP contribution in [0.15, 0.2) is 72.4 Å². The smallest absolute Gasteiger partial charge is 0.262 e. The van der Waals surface area contributed by atoms with Gasteiger partial charge >= 0.3 is 12.1 Å². The minimum Gasteiger partial charge on any atom is -0.262 e. The van der Waals surface area contributed by atoms with E-state index in [0.717, 1.165) is 0 Å². The normalized spacial score (nSPS) is 12.0. The van der Waals surface area contributed by atoms with E-state index in [1.807, 2.05) is 0 Å². The van der Waals surface area contributed by atoms with Gasteiger partial charge in [0.25, 0.3) is 0 Å². The topological polar surface area (TPSA) is 23.6 Å². The molecular weight excluding hydrogens is 329 g/mol. The Hall–Kier alpha value is -2.76. The van der Waals surface area contributed by atoms with Gasteiger partial charge in [0.1, 0.15) is 0 Å². The highest BCUT2D eigenvalue weighted by Crippen LogP contribution is 2.33. The van der Waals surface area contributed by atoms with E-state index in [4.69, 9.17) is 0 Å². The van der Waals surface area contributed by atoms with Crippen LogP contribution in [0.1, 0.15) is 20.3 Å². The summed E-state index contributed by atoms with van der Waals surface area (Å²) in [6.07, 6.45) is -3.21. The number of rotatable bonds is 5. The van der Waals surface area contributed by atoms with Gasteiger partial charge in [-0.1, -0.05) is 49.4 Å². The van der Waals surface area contributed by atoms with Gasteiger partial charge < -0.3 is 0 Å². The molecule has 0 bridgehead atoms. The lowest BCUT2D eigenvalue weighted by atomic mass is 10.2. The van der Waals surface area contributed by atoms with Gasteiger partial charge in [0.05, 0.1) is 11.4 Å². The lowest BCUT2D eigenvalue weighted by Crippen LogP contribution is -2.49. The quantitative estimate of drug-likeness (QED) is 0.671. The number of para-hydroxylation sites is 2. The van der Waals surface area contributed by atoms with E-state index in [1.54, 1.807) is 74.5 Å². The highest BCUT2D eigenvalue weighted by atomic mass is 19.4. The molecule has 2 aromatic rings. The summed E-state index contributed by atoms with van der Waals surface area (Å²) in [6.45, 7) is 3.32. The molecule has 25 heavy (non-hydrogen) atoms. The fraction of sp³-hybridized carbons (Fsp3) is 0.211. The monoisotopic (exact) mass is 348 g/mol. The molecule has 1 amide bonds. The molecular formula is C19H19F3N2O. The summed E-state index contributed by atoms with van der Waals surface area (Å²) in [5.41, 5.74) is 1.17. The number of hydrogen-bond donors (Lipinski definition) is 0. The lowest BCUT2D eigenvalue weighted by Gasteiger charge is -2.38. The van der Waals surface area contributed by atoms with Gasteiger partial charge in [-0.05, 0) is 37.6 Å². The van der Waals surface area contributed by atoms with Crippen LogP contribution in [0, 0.1) is 0 Å². The van der Waals surface area contributed by atoms with Crippen LogP contribution in [0.3, 0.4) is 0 Å². The molecule has 0 aliphatic heterocycles. The Morgan fingerprint density at radius 2 is 1.40 bits per heavy atom. The molecule has 0 heterocycles. The second kappa shape index (κ2) is 7.88. The maximum Gasteiger partial charge on any atom is 0.473 e. The summed E-state index contributed by atoms with van der Waals surface area (Å²) >= 11 is 0. The number of alkyl halides is 3. The molecule has 6 heteroatoms. The predicted octanol–water partition coefficient (Wildman–Crippen LogP) is 5.44. The molecule has 0 N–H and O–H groups in total. The molecule has 0 saturated carbocycles. The number of allylic oxidation sites excluding steroid dienone is 2. The molecule has 0 saturated heterocycles. The highest BCUT2D eigenvalue weighted by molar-refractivity contribution is 5.87. The van der Waals surface area contributed by atoms with Crippen molar-refractivity contribution in [3.05, 3.63) is 72.4 Å². The first-order valence-corrected chi connectivity index (χ1v) is 7.86. The molecule has 0 unspecified atom stereocenters. The van der Waals surface area contributed by atoms with E-state index in [9.17, 15) is 18.0 Å². The van der Waals surface area contributed by atoms with Crippen molar-refractivity contribution in [1.29, 1.82) is 0 Å². The Kier molecular flexibility index (Phi) is 5.85. The van der Waals surface area contributed by atoms with E-state index in [-0.39, 0.29) is 12.1 Å². The number of benzene rings is 2. The van der Waals surface area contributed by atoms with Crippen LogP contribution in [-0.2, 0) is 4.79 Å². The van der Waals surface area contributed by atoms with Crippen molar-refractivity contribution in [1.82, 2.24) is 5.01 Å². The molecule has 0 radical (unpaired) electrons. The summed E-state index contributed by atoms with van der Waals surface area (Å²) in [5.74, 6) is -1.94. The number of nitrogens with zero attached hydrogens (tertiary/aromatic N) is 2. The third-order valence-electron chi connectivity index (χ3n) is 3.60. The minimum absolute atomic E-state index is 0.259. The Bertz CT molecular complexity index is 688. The molecule has 2 aromatic carbocycles. The highest BCUT2D eigenvalue weighted by Gasteiger charge is 2.46. The Morgan fingerprint density at radius 1 is 0.960 bits per heavy atom. The molecule has 0 aliphatic carbocycles. The summed E-state index contributed by atoms with van der Waals surface area (Å²) < 4.78 is 39.8. The molecule has 2 rings (SSSR count). The Morgan fingerprint density at radius 3 is 1.72 bits per heavy atom. The first kappa shape index (κ1) is 18.6. The second-order valence-electron chi connectivity index (χ2n) is 5.23. The average molecular weight is 348 g/mol. The van der Waals surface area contributed by atoms with Gasteiger partial charge in [0.2, 0.25) is 0 Å². The largest absolute Gasteiger partial charge is 0.473 e. The van der Waals surface area contributed by atoms with E-state index >= 15 is 0 Å². The third-order valence-corrected chi connectivity index (χ3v) is 3.60. The van der Waals surface area contributed by atoms with Gasteiger partial charge in [0.15, 0.2) is 0 Å². The van der Waals surface area contributed by atoms with Crippen LogP contribution in [0.5, 0.6) is 0 Å². The van der Waals surface area contributed by atoms with Gasteiger partial charge in [-0.3, -0.25) is 4.79 Å². The Balaban J connectivity index is 2.67. The van der Waals surface area contributed by atoms with Gasteiger partial charge in [-0.2, -0.15) is 13.2 Å². The summed E-state index contributed by atoms with van der Waals surface area (Å²) in [5, 5.41) is 1.99. The number of amides is 1. The van der Waals surface area contributed by atoms with Crippen molar-refractivity contribution in [3.8, 4) is 0 Å². The fourth-order valence-corrected chi connectivity index (χ4v) is 2.46. The average Bonchev–Trinajstić information content (AvgIpc) is 2.62. The van der Waals surface area contributed by atoms with Gasteiger partial charge in [-0.25, -0.2) is 10.0 Å². The number of anilines is 2. The molecule has 0 atom stereocenters. The molecule has 0 fully saturated rings. The number of hydrogen-bond acceptors (Lipinski definition) is 2. The van der Waals surface area contributed by atoms with Crippen LogP contribution in [0.2, 0.25) is 0 Å². The summed E-state index contributed by atoms with van der Waals surface area (Å²) in [6, 6.07) is 17.0. The maximum absolute atomic E-state index is 13.3.